The van der Waals surface area contributed by atoms with Crippen molar-refractivity contribution >= 4 is 27.6 Å². The van der Waals surface area contributed by atoms with Crippen LogP contribution in [0.25, 0.3) is 0 Å². The number of alkyl halides is 3. The van der Waals surface area contributed by atoms with E-state index in [4.69, 9.17) is 5.11 Å². The van der Waals surface area contributed by atoms with Crippen LogP contribution in [0.1, 0.15) is 22.8 Å². The van der Waals surface area contributed by atoms with Crippen LogP contribution in [0.2, 0.25) is 0 Å². The van der Waals surface area contributed by atoms with Gasteiger partial charge in [-0.2, -0.15) is 13.2 Å². The van der Waals surface area contributed by atoms with Crippen LogP contribution in [0.5, 0.6) is 0 Å². The van der Waals surface area contributed by atoms with Crippen molar-refractivity contribution in [1.82, 2.24) is 5.32 Å². The molecule has 0 saturated carbocycles. The lowest BCUT2D eigenvalue weighted by Gasteiger charge is -2.19. The summed E-state index contributed by atoms with van der Waals surface area (Å²) >= 11 is 0. The first-order valence-electron chi connectivity index (χ1n) is 8.44. The van der Waals surface area contributed by atoms with Gasteiger partial charge in [0, 0.05) is 0 Å². The van der Waals surface area contributed by atoms with Crippen molar-refractivity contribution < 1.29 is 45.8 Å². The zero-order valence-corrected chi connectivity index (χ0v) is 16.5. The summed E-state index contributed by atoms with van der Waals surface area (Å²) in [6, 6.07) is 3.86. The van der Waals surface area contributed by atoms with Gasteiger partial charge in [0.05, 0.1) is 22.9 Å². The number of nitrogens with one attached hydrogen (secondary N) is 2. The average Bonchev–Trinajstić information content (AvgIpc) is 2.65. The molecule has 13 heteroatoms. The third-order valence-electron chi connectivity index (χ3n) is 3.99. The van der Waals surface area contributed by atoms with Gasteiger partial charge in [-0.05, 0) is 37.3 Å². The number of anilines is 1. The van der Waals surface area contributed by atoms with Crippen LogP contribution in [0, 0.1) is 5.82 Å². The minimum atomic E-state index is -5.08. The van der Waals surface area contributed by atoms with E-state index in [2.05, 4.69) is 0 Å². The number of rotatable bonds is 7. The number of carbonyl (C=O) groups excluding carboxylic acids is 1. The smallest absolute Gasteiger partial charge is 0.418 e. The number of carboxylic acids is 1. The molecule has 168 valence electrons. The molecule has 0 aliphatic carbocycles. The minimum Gasteiger partial charge on any atom is -0.480 e. The molecular weight excluding hydrogens is 448 g/mol. The second kappa shape index (κ2) is 8.89. The number of aliphatic carboxylic acids is 1. The van der Waals surface area contributed by atoms with Gasteiger partial charge in [0.15, 0.2) is 6.04 Å². The van der Waals surface area contributed by atoms with Gasteiger partial charge in [-0.15, -0.1) is 0 Å². The number of hydrogen-bond acceptors (Lipinski definition) is 5. The van der Waals surface area contributed by atoms with Gasteiger partial charge in [-0.1, -0.05) is 12.1 Å². The lowest BCUT2D eigenvalue weighted by atomic mass is 10.1. The predicted molar refractivity (Wildman–Crippen MR) is 99.2 cm³/mol. The van der Waals surface area contributed by atoms with Crippen LogP contribution in [0.3, 0.4) is 0 Å². The Labute approximate surface area is 173 Å². The largest absolute Gasteiger partial charge is 0.480 e. The van der Waals surface area contributed by atoms with E-state index < -0.39 is 67.7 Å². The Morgan fingerprint density at radius 3 is 2.26 bits per heavy atom. The lowest BCUT2D eigenvalue weighted by Crippen LogP contribution is -2.47. The molecule has 0 aromatic heterocycles. The van der Waals surface area contributed by atoms with Crippen molar-refractivity contribution in [2.45, 2.75) is 30.1 Å². The van der Waals surface area contributed by atoms with Crippen LogP contribution in [0.15, 0.2) is 47.4 Å². The first kappa shape index (κ1) is 24.1. The highest BCUT2D eigenvalue weighted by atomic mass is 32.2. The van der Waals surface area contributed by atoms with Crippen LogP contribution in [0.4, 0.5) is 23.2 Å². The van der Waals surface area contributed by atoms with E-state index >= 15 is 0 Å². The standard InChI is InChI=1S/C18H16F4N2O6S/c1-9(25)15(17(27)28)23-16(26)11-4-2-3-5-14(11)31(29,30)24-13-7-6-10(19)8-12(13)18(20,21)22/h2-9,15,24-25H,1H3,(H,23,26)(H,27,28). The number of amides is 1. The van der Waals surface area contributed by atoms with E-state index in [1.54, 1.807) is 4.72 Å². The molecule has 0 saturated heterocycles. The van der Waals surface area contributed by atoms with Crippen molar-refractivity contribution in [3.05, 3.63) is 59.4 Å². The van der Waals surface area contributed by atoms with Gasteiger partial charge in [0.1, 0.15) is 10.7 Å². The molecule has 8 nitrogen and oxygen atoms in total. The molecule has 0 aliphatic rings. The summed E-state index contributed by atoms with van der Waals surface area (Å²) in [5, 5.41) is 20.5. The second-order valence-corrected chi connectivity index (χ2v) is 7.97. The molecule has 2 rings (SSSR count). The van der Waals surface area contributed by atoms with Crippen molar-refractivity contribution in [2.75, 3.05) is 4.72 Å². The molecule has 0 spiro atoms. The Kier molecular flexibility index (Phi) is 6.91. The van der Waals surface area contributed by atoms with Gasteiger partial charge in [-0.3, -0.25) is 9.52 Å². The average molecular weight is 464 g/mol. The monoisotopic (exact) mass is 464 g/mol. The molecular formula is C18H16F4N2O6S. The van der Waals surface area contributed by atoms with Gasteiger partial charge < -0.3 is 15.5 Å². The van der Waals surface area contributed by atoms with Gasteiger partial charge in [0.25, 0.3) is 15.9 Å². The molecule has 1 amide bonds. The predicted octanol–water partition coefficient (Wildman–Crippen LogP) is 2.21. The summed E-state index contributed by atoms with van der Waals surface area (Å²) < 4.78 is 79.9. The van der Waals surface area contributed by atoms with E-state index in [9.17, 15) is 40.7 Å². The fourth-order valence-electron chi connectivity index (χ4n) is 2.54. The van der Waals surface area contributed by atoms with Crippen molar-refractivity contribution in [1.29, 1.82) is 0 Å². The van der Waals surface area contributed by atoms with E-state index in [0.717, 1.165) is 19.1 Å². The third kappa shape index (κ3) is 5.70. The number of aliphatic hydroxyl groups is 1. The topological polar surface area (TPSA) is 133 Å². The summed E-state index contributed by atoms with van der Waals surface area (Å²) in [7, 11) is -4.80. The Morgan fingerprint density at radius 1 is 1.10 bits per heavy atom. The maximum Gasteiger partial charge on any atom is 0.418 e. The van der Waals surface area contributed by atoms with E-state index in [-0.39, 0.29) is 6.07 Å². The van der Waals surface area contributed by atoms with Crippen molar-refractivity contribution in [3.63, 3.8) is 0 Å². The van der Waals surface area contributed by atoms with E-state index in [0.29, 0.717) is 12.1 Å². The number of hydrogen-bond donors (Lipinski definition) is 4. The van der Waals surface area contributed by atoms with Crippen LogP contribution in [-0.4, -0.2) is 42.7 Å². The summed E-state index contributed by atoms with van der Waals surface area (Å²) in [5.74, 6) is -4.04. The Bertz CT molecular complexity index is 1100. The number of benzene rings is 2. The Morgan fingerprint density at radius 2 is 1.71 bits per heavy atom. The normalized spacial score (nSPS) is 13.9. The maximum atomic E-state index is 13.3. The molecule has 0 aliphatic heterocycles. The van der Waals surface area contributed by atoms with Gasteiger partial charge >= 0.3 is 12.1 Å². The fraction of sp³-hybridized carbons (Fsp3) is 0.222. The zero-order valence-electron chi connectivity index (χ0n) is 15.6. The van der Waals surface area contributed by atoms with Crippen molar-refractivity contribution in [2.24, 2.45) is 0 Å². The summed E-state index contributed by atoms with van der Waals surface area (Å²) in [6.45, 7) is 1.08. The Balaban J connectivity index is 2.47. The number of halogens is 4. The molecule has 2 aromatic carbocycles. The first-order valence-corrected chi connectivity index (χ1v) is 9.92. The molecule has 0 heterocycles. The summed E-state index contributed by atoms with van der Waals surface area (Å²) in [5.41, 5.74) is -3.15. The molecule has 31 heavy (non-hydrogen) atoms. The molecule has 0 radical (unpaired) electrons. The molecule has 2 unspecified atom stereocenters. The number of aliphatic hydroxyl groups excluding tert-OH is 1. The molecule has 2 atom stereocenters. The minimum absolute atomic E-state index is 0.108. The summed E-state index contributed by atoms with van der Waals surface area (Å²) in [6.07, 6.45) is -6.61. The third-order valence-corrected chi connectivity index (χ3v) is 5.41. The number of sulfonamides is 1. The lowest BCUT2D eigenvalue weighted by molar-refractivity contribution is -0.142. The highest BCUT2D eigenvalue weighted by molar-refractivity contribution is 7.92. The first-order chi connectivity index (χ1) is 14.2. The summed E-state index contributed by atoms with van der Waals surface area (Å²) in [4.78, 5) is 22.8. The van der Waals surface area contributed by atoms with E-state index in [1.807, 2.05) is 5.32 Å². The van der Waals surface area contributed by atoms with Crippen LogP contribution >= 0.6 is 0 Å². The molecule has 0 bridgehead atoms. The molecule has 0 fully saturated rings. The Hall–Kier alpha value is -3.19. The van der Waals surface area contributed by atoms with Gasteiger partial charge in [-0.25, -0.2) is 17.6 Å². The molecule has 2 aromatic rings. The van der Waals surface area contributed by atoms with Gasteiger partial charge in [0.2, 0.25) is 0 Å². The fourth-order valence-corrected chi connectivity index (χ4v) is 3.82. The van der Waals surface area contributed by atoms with Crippen LogP contribution in [-0.2, 0) is 21.0 Å². The quantitative estimate of drug-likeness (QED) is 0.465. The van der Waals surface area contributed by atoms with Crippen molar-refractivity contribution in [3.8, 4) is 0 Å². The number of carboxylic acid groups (broad SMARTS) is 1. The van der Waals surface area contributed by atoms with Crippen LogP contribution < -0.4 is 10.0 Å². The zero-order chi connectivity index (χ0) is 23.6. The maximum absolute atomic E-state index is 13.3. The molecule has 4 N–H and O–H groups in total. The number of carbonyl (C=O) groups is 2. The highest BCUT2D eigenvalue weighted by Gasteiger charge is 2.36. The second-order valence-electron chi connectivity index (χ2n) is 6.32. The SMILES string of the molecule is CC(O)C(NC(=O)c1ccccc1S(=O)(=O)Nc1ccc(F)cc1C(F)(F)F)C(=O)O. The van der Waals surface area contributed by atoms with E-state index in [1.165, 1.54) is 12.1 Å². The highest BCUT2D eigenvalue weighted by Crippen LogP contribution is 2.36.